The molecule has 32 heavy (non-hydrogen) atoms. The van der Waals surface area contributed by atoms with Crippen LogP contribution in [0.1, 0.15) is 51.5 Å². The van der Waals surface area contributed by atoms with Gasteiger partial charge in [0.15, 0.2) is 0 Å². The number of rotatable bonds is 9. The van der Waals surface area contributed by atoms with Gasteiger partial charge in [-0.15, -0.1) is 20.4 Å². The molecule has 2 heterocycles. The Morgan fingerprint density at radius 2 is 2.03 bits per heavy atom. The number of halogens is 3. The lowest BCUT2D eigenvalue weighted by Gasteiger charge is -2.39. The van der Waals surface area contributed by atoms with Gasteiger partial charge in [-0.2, -0.15) is 21.6 Å². The molecule has 0 aliphatic carbocycles. The number of alkyl halides is 3. The lowest BCUT2D eigenvalue weighted by molar-refractivity contribution is -0.0429. The van der Waals surface area contributed by atoms with Crippen LogP contribution in [0.3, 0.4) is 0 Å². The molecule has 1 atom stereocenters. The van der Waals surface area contributed by atoms with Gasteiger partial charge in [-0.25, -0.2) is 0 Å². The van der Waals surface area contributed by atoms with E-state index in [1.54, 1.807) is 10.8 Å². The average Bonchev–Trinajstić information content (AvgIpc) is 3.25. The van der Waals surface area contributed by atoms with Crippen molar-refractivity contribution in [2.75, 3.05) is 16.2 Å². The van der Waals surface area contributed by atoms with Gasteiger partial charge >= 0.3 is 15.5 Å². The molecule has 0 amide bonds. The molecule has 0 spiro atoms. The molecule has 1 aromatic heterocycles. The normalized spacial score (nSPS) is 17.0. The lowest BCUT2D eigenvalue weighted by Crippen LogP contribution is -2.39. The van der Waals surface area contributed by atoms with Crippen LogP contribution < -0.4 is 9.62 Å². The highest BCUT2D eigenvalue weighted by atomic mass is 32.2. The molecule has 176 valence electrons. The predicted molar refractivity (Wildman–Crippen MR) is 118 cm³/mol. The number of benzene rings is 1. The fourth-order valence-corrected chi connectivity index (χ4v) is 4.64. The summed E-state index contributed by atoms with van der Waals surface area (Å²) in [6.45, 7) is 4.91. The minimum atomic E-state index is -5.62. The largest absolute Gasteiger partial charge is 0.516 e. The van der Waals surface area contributed by atoms with Crippen molar-refractivity contribution in [2.45, 2.75) is 63.9 Å². The second kappa shape index (κ2) is 10.1. The van der Waals surface area contributed by atoms with Crippen LogP contribution in [0.4, 0.5) is 35.4 Å². The van der Waals surface area contributed by atoms with E-state index in [0.717, 1.165) is 61.2 Å². The fraction of sp³-hybridized carbons (Fsp3) is 0.579. The van der Waals surface area contributed by atoms with Crippen molar-refractivity contribution in [2.24, 2.45) is 10.2 Å². The smallest absolute Gasteiger partial charge is 0.368 e. The summed E-state index contributed by atoms with van der Waals surface area (Å²) < 4.78 is 64.6. The Kier molecular flexibility index (Phi) is 7.70. The number of azo groups is 1. The molecule has 13 heteroatoms. The molecule has 2 aromatic rings. The van der Waals surface area contributed by atoms with Gasteiger partial charge in [0.25, 0.3) is 5.13 Å². The van der Waals surface area contributed by atoms with Crippen molar-refractivity contribution < 1.29 is 21.6 Å². The van der Waals surface area contributed by atoms with Crippen LogP contribution in [0.5, 0.6) is 0 Å². The number of hydrogen-bond acceptors (Lipinski definition) is 8. The van der Waals surface area contributed by atoms with Gasteiger partial charge in [-0.1, -0.05) is 38.0 Å². The van der Waals surface area contributed by atoms with E-state index in [0.29, 0.717) is 6.42 Å². The Labute approximate surface area is 189 Å². The number of aromatic nitrogens is 2. The number of aryl methyl sites for hydroxylation is 1. The molecule has 1 aliphatic rings. The molecule has 0 bridgehead atoms. The second-order valence-electron chi connectivity index (χ2n) is 7.47. The summed E-state index contributed by atoms with van der Waals surface area (Å²) in [6.07, 6.45) is 5.51. The van der Waals surface area contributed by atoms with Crippen molar-refractivity contribution in [3.8, 4) is 0 Å². The molecule has 0 saturated heterocycles. The van der Waals surface area contributed by atoms with Crippen LogP contribution in [0.15, 0.2) is 27.9 Å². The molecule has 1 N–H and O–H groups in total. The predicted octanol–water partition coefficient (Wildman–Crippen LogP) is 5.94. The first-order valence-electron chi connectivity index (χ1n) is 10.4. The second-order valence-corrected chi connectivity index (χ2v) is 9.96. The first-order valence-corrected chi connectivity index (χ1v) is 12.7. The summed E-state index contributed by atoms with van der Waals surface area (Å²) in [6, 6.07) is 3.29. The Morgan fingerprint density at radius 1 is 1.25 bits per heavy atom. The average molecular weight is 491 g/mol. The highest BCUT2D eigenvalue weighted by molar-refractivity contribution is 7.93. The number of nitrogens with zero attached hydrogens (tertiary/aromatic N) is 5. The maximum atomic E-state index is 13.1. The number of nitrogens with one attached hydrogen (secondary N) is 1. The Hall–Kier alpha value is -2.28. The van der Waals surface area contributed by atoms with Crippen LogP contribution in [-0.2, 0) is 16.4 Å². The summed E-state index contributed by atoms with van der Waals surface area (Å²) in [5, 5.41) is 15.4. The Morgan fingerprint density at radius 3 is 2.66 bits per heavy atom. The van der Waals surface area contributed by atoms with Crippen LogP contribution in [0.2, 0.25) is 0 Å². The monoisotopic (exact) mass is 490 g/mol. The number of unbranched alkanes of at least 4 members (excludes halogenated alkanes) is 2. The standard InChI is InChI=1S/C19H25F3N6O2S2/c1-3-5-6-9-28-14(4-2)8-7-13-10-15(24-26-18-25-23-12-31-18)16(11-17(13)28)27-32(29,30)19(20,21)22/h10-12,14,27H,3-9H2,1-2H3. The molecule has 1 aliphatic heterocycles. The minimum absolute atomic E-state index is 0.00442. The highest BCUT2D eigenvalue weighted by Gasteiger charge is 2.46. The molecular weight excluding hydrogens is 465 g/mol. The van der Waals surface area contributed by atoms with Crippen LogP contribution in [-0.4, -0.2) is 36.7 Å². The summed E-state index contributed by atoms with van der Waals surface area (Å²) >= 11 is 1.10. The van der Waals surface area contributed by atoms with E-state index in [2.05, 4.69) is 39.2 Å². The summed E-state index contributed by atoms with van der Waals surface area (Å²) in [4.78, 5) is 2.17. The summed E-state index contributed by atoms with van der Waals surface area (Å²) in [5.41, 5.74) is -2.67. The number of fused-ring (bicyclic) bond motifs is 1. The van der Waals surface area contributed by atoms with Crippen LogP contribution in [0, 0.1) is 0 Å². The maximum Gasteiger partial charge on any atom is 0.516 e. The highest BCUT2D eigenvalue weighted by Crippen LogP contribution is 2.41. The SMILES string of the molecule is CCCCCN1c2cc(NS(=O)(=O)C(F)(F)F)c(N=Nc3nncs3)cc2CCC1CC. The zero-order chi connectivity index (χ0) is 23.4. The molecule has 1 aromatic carbocycles. The van der Waals surface area contributed by atoms with Crippen molar-refractivity contribution in [1.29, 1.82) is 0 Å². The zero-order valence-electron chi connectivity index (χ0n) is 17.8. The van der Waals surface area contributed by atoms with Crippen molar-refractivity contribution >= 4 is 43.6 Å². The molecular formula is C19H25F3N6O2S2. The van der Waals surface area contributed by atoms with E-state index in [4.69, 9.17) is 0 Å². The van der Waals surface area contributed by atoms with E-state index in [1.807, 2.05) is 0 Å². The van der Waals surface area contributed by atoms with Gasteiger partial charge in [-0.05, 0) is 43.4 Å². The van der Waals surface area contributed by atoms with E-state index >= 15 is 0 Å². The van der Waals surface area contributed by atoms with Gasteiger partial charge in [0.05, 0.1) is 5.69 Å². The summed E-state index contributed by atoms with van der Waals surface area (Å²) in [7, 11) is -5.62. The number of hydrogen-bond donors (Lipinski definition) is 1. The maximum absolute atomic E-state index is 13.1. The van der Waals surface area contributed by atoms with Gasteiger partial charge < -0.3 is 4.90 Å². The first kappa shape index (κ1) is 24.4. The van der Waals surface area contributed by atoms with E-state index in [1.165, 1.54) is 11.6 Å². The molecule has 0 fully saturated rings. The molecule has 8 nitrogen and oxygen atoms in total. The third-order valence-electron chi connectivity index (χ3n) is 5.31. The third-order valence-corrected chi connectivity index (χ3v) is 6.98. The number of anilines is 2. The van der Waals surface area contributed by atoms with Crippen molar-refractivity contribution in [1.82, 2.24) is 10.2 Å². The first-order chi connectivity index (χ1) is 15.2. The fourth-order valence-electron chi connectivity index (χ4n) is 3.70. The molecule has 0 radical (unpaired) electrons. The number of sulfonamides is 1. The van der Waals surface area contributed by atoms with Gasteiger partial charge in [0.1, 0.15) is 11.2 Å². The molecule has 0 saturated carbocycles. The van der Waals surface area contributed by atoms with E-state index in [-0.39, 0.29) is 22.5 Å². The van der Waals surface area contributed by atoms with Crippen molar-refractivity contribution in [3.05, 3.63) is 23.2 Å². The topological polar surface area (TPSA) is 99.9 Å². The van der Waals surface area contributed by atoms with Gasteiger partial charge in [0, 0.05) is 18.3 Å². The zero-order valence-corrected chi connectivity index (χ0v) is 19.4. The minimum Gasteiger partial charge on any atom is -0.368 e. The van der Waals surface area contributed by atoms with Gasteiger partial charge in [-0.3, -0.25) is 4.72 Å². The van der Waals surface area contributed by atoms with Crippen LogP contribution in [0.25, 0.3) is 0 Å². The van der Waals surface area contributed by atoms with Crippen molar-refractivity contribution in [3.63, 3.8) is 0 Å². The molecule has 1 unspecified atom stereocenters. The van der Waals surface area contributed by atoms with Gasteiger partial charge in [0.2, 0.25) is 0 Å². The Balaban J connectivity index is 2.06. The summed E-state index contributed by atoms with van der Waals surface area (Å²) in [5.74, 6) is 0. The molecule has 3 rings (SSSR count). The third kappa shape index (κ3) is 5.55. The van der Waals surface area contributed by atoms with E-state index in [9.17, 15) is 21.6 Å². The quantitative estimate of drug-likeness (QED) is 0.347. The Bertz CT molecular complexity index is 1040. The lowest BCUT2D eigenvalue weighted by atomic mass is 9.93. The van der Waals surface area contributed by atoms with E-state index < -0.39 is 15.5 Å². The van der Waals surface area contributed by atoms with Crippen LogP contribution >= 0.6 is 11.3 Å².